The van der Waals surface area contributed by atoms with Crippen molar-refractivity contribution in [1.29, 1.82) is 0 Å². The second-order valence-electron chi connectivity index (χ2n) is 6.36. The molecule has 2 aliphatic carbocycles. The molecule has 1 aliphatic heterocycles. The van der Waals surface area contributed by atoms with Gasteiger partial charge in [-0.25, -0.2) is 4.79 Å². The van der Waals surface area contributed by atoms with E-state index in [1.165, 1.54) is 0 Å². The molecule has 124 valence electrons. The van der Waals surface area contributed by atoms with Crippen LogP contribution in [0.3, 0.4) is 0 Å². The van der Waals surface area contributed by atoms with Crippen molar-refractivity contribution in [3.05, 3.63) is 0 Å². The summed E-state index contributed by atoms with van der Waals surface area (Å²) in [5.74, 6) is -1.41. The monoisotopic (exact) mass is 332 g/mol. The smallest absolute Gasteiger partial charge is 0.344 e. The number of hydrogen-bond acceptors (Lipinski definition) is 7. The molecule has 0 aromatic heterocycles. The highest BCUT2D eigenvalue weighted by Gasteiger charge is 2.65. The van der Waals surface area contributed by atoms with Crippen molar-refractivity contribution in [3.63, 3.8) is 0 Å². The van der Waals surface area contributed by atoms with E-state index < -0.39 is 46.1 Å². The van der Waals surface area contributed by atoms with Gasteiger partial charge >= 0.3 is 11.9 Å². The molecule has 5 unspecified atom stereocenters. The van der Waals surface area contributed by atoms with Crippen LogP contribution in [0.5, 0.6) is 0 Å². The Hall–Kier alpha value is -1.15. The number of ether oxygens (including phenoxy) is 2. The number of fused-ring (bicyclic) bond motifs is 1. The van der Waals surface area contributed by atoms with Crippen LogP contribution in [0.4, 0.5) is 0 Å². The summed E-state index contributed by atoms with van der Waals surface area (Å²) < 4.78 is 38.9. The molecule has 0 aromatic rings. The minimum absolute atomic E-state index is 0.0199. The zero-order valence-electron chi connectivity index (χ0n) is 12.6. The van der Waals surface area contributed by atoms with Crippen molar-refractivity contribution in [2.45, 2.75) is 50.6 Å². The third-order valence-electron chi connectivity index (χ3n) is 5.03. The normalized spacial score (nSPS) is 38.7. The van der Waals surface area contributed by atoms with Crippen molar-refractivity contribution in [1.82, 2.24) is 0 Å². The van der Waals surface area contributed by atoms with E-state index in [0.717, 1.165) is 0 Å². The van der Waals surface area contributed by atoms with Crippen LogP contribution in [-0.4, -0.2) is 44.4 Å². The average molecular weight is 332 g/mol. The Morgan fingerprint density at radius 3 is 2.73 bits per heavy atom. The first-order chi connectivity index (χ1) is 10.3. The quantitative estimate of drug-likeness (QED) is 0.538. The van der Waals surface area contributed by atoms with Crippen LogP contribution in [0.1, 0.15) is 33.1 Å². The van der Waals surface area contributed by atoms with E-state index in [-0.39, 0.29) is 17.8 Å². The van der Waals surface area contributed by atoms with Gasteiger partial charge in [0.1, 0.15) is 12.2 Å². The maximum atomic E-state index is 11.8. The fourth-order valence-corrected chi connectivity index (χ4v) is 5.55. The maximum Gasteiger partial charge on any atom is 0.344 e. The Kier molecular flexibility index (Phi) is 3.92. The minimum atomic E-state index is -3.52. The number of carbonyl (C=O) groups excluding carboxylic acids is 2. The lowest BCUT2D eigenvalue weighted by Gasteiger charge is -2.24. The fraction of sp³-hybridized carbons (Fsp3) is 0.857. The van der Waals surface area contributed by atoms with Crippen LogP contribution in [0, 0.1) is 17.8 Å². The third kappa shape index (κ3) is 2.52. The number of esters is 2. The molecule has 0 aromatic carbocycles. The molecular weight excluding hydrogens is 312 g/mol. The molecule has 2 saturated carbocycles. The van der Waals surface area contributed by atoms with E-state index in [1.54, 1.807) is 6.92 Å². The second-order valence-corrected chi connectivity index (χ2v) is 8.14. The van der Waals surface area contributed by atoms with Gasteiger partial charge in [-0.05, 0) is 19.3 Å². The second kappa shape index (κ2) is 5.49. The molecule has 6 atom stereocenters. The van der Waals surface area contributed by atoms with Crippen LogP contribution in [-0.2, 0) is 33.4 Å². The summed E-state index contributed by atoms with van der Waals surface area (Å²) in [7, 11) is -3.52. The molecule has 8 heteroatoms. The van der Waals surface area contributed by atoms with E-state index in [0.29, 0.717) is 19.3 Å². The zero-order chi connectivity index (χ0) is 16.1. The van der Waals surface area contributed by atoms with Crippen LogP contribution < -0.4 is 0 Å². The van der Waals surface area contributed by atoms with Crippen LogP contribution in [0.15, 0.2) is 0 Å². The summed E-state index contributed by atoms with van der Waals surface area (Å²) in [6, 6.07) is 0. The molecule has 3 rings (SSSR count). The van der Waals surface area contributed by atoms with Crippen molar-refractivity contribution < 1.29 is 31.7 Å². The van der Waals surface area contributed by atoms with Crippen LogP contribution in [0.2, 0.25) is 0 Å². The Labute approximate surface area is 129 Å². The predicted molar refractivity (Wildman–Crippen MR) is 74.1 cm³/mol. The lowest BCUT2D eigenvalue weighted by molar-refractivity contribution is -0.168. The van der Waals surface area contributed by atoms with Gasteiger partial charge in [-0.15, -0.1) is 0 Å². The lowest BCUT2D eigenvalue weighted by atomic mass is 9.94. The van der Waals surface area contributed by atoms with E-state index in [4.69, 9.17) is 13.7 Å². The summed E-state index contributed by atoms with van der Waals surface area (Å²) in [5.41, 5.74) is 0. The summed E-state index contributed by atoms with van der Waals surface area (Å²) in [5, 5.41) is -0.444. The highest BCUT2D eigenvalue weighted by molar-refractivity contribution is 7.87. The van der Waals surface area contributed by atoms with E-state index in [9.17, 15) is 18.0 Å². The van der Waals surface area contributed by atoms with Gasteiger partial charge in [-0.1, -0.05) is 13.8 Å². The van der Waals surface area contributed by atoms with Crippen molar-refractivity contribution >= 4 is 22.1 Å². The van der Waals surface area contributed by atoms with E-state index in [1.807, 2.05) is 6.92 Å². The molecular formula is C14H20O7S. The molecule has 22 heavy (non-hydrogen) atoms. The van der Waals surface area contributed by atoms with Crippen LogP contribution >= 0.6 is 0 Å². The first-order valence-corrected chi connectivity index (χ1v) is 9.08. The summed E-state index contributed by atoms with van der Waals surface area (Å²) in [6.07, 6.45) is 0.708. The van der Waals surface area contributed by atoms with Gasteiger partial charge in [-0.3, -0.25) is 8.98 Å². The summed E-state index contributed by atoms with van der Waals surface area (Å²) in [4.78, 5) is 23.3. The molecule has 0 spiro atoms. The first-order valence-electron chi connectivity index (χ1n) is 7.61. The minimum Gasteiger partial charge on any atom is -0.457 e. The molecule has 7 nitrogen and oxygen atoms in total. The van der Waals surface area contributed by atoms with Gasteiger partial charge in [0.25, 0.3) is 10.1 Å². The fourth-order valence-electron chi connectivity index (χ4n) is 3.67. The molecule has 2 bridgehead atoms. The van der Waals surface area contributed by atoms with Crippen molar-refractivity contribution in [2.24, 2.45) is 17.8 Å². The Balaban J connectivity index is 1.55. The summed E-state index contributed by atoms with van der Waals surface area (Å²) in [6.45, 7) is 3.13. The van der Waals surface area contributed by atoms with Gasteiger partial charge < -0.3 is 9.47 Å². The average Bonchev–Trinajstić information content (AvgIpc) is 3.08. The first kappa shape index (κ1) is 15.7. The summed E-state index contributed by atoms with van der Waals surface area (Å²) >= 11 is 0. The zero-order valence-corrected chi connectivity index (χ0v) is 13.4. The SMILES string of the molecule is CCC(C)C(=O)OCC(=O)OC1C2OS(=O)(=O)C3C[C@@H]1CC23. The van der Waals surface area contributed by atoms with E-state index >= 15 is 0 Å². The molecule has 3 aliphatic rings. The number of hydrogen-bond donors (Lipinski definition) is 0. The van der Waals surface area contributed by atoms with Crippen molar-refractivity contribution in [2.75, 3.05) is 6.61 Å². The highest BCUT2D eigenvalue weighted by Crippen LogP contribution is 2.55. The molecule has 1 heterocycles. The topological polar surface area (TPSA) is 96.0 Å². The number of carbonyl (C=O) groups is 2. The molecule has 0 amide bonds. The Morgan fingerprint density at radius 1 is 1.32 bits per heavy atom. The van der Waals surface area contributed by atoms with Gasteiger partial charge in [-0.2, -0.15) is 8.42 Å². The van der Waals surface area contributed by atoms with Crippen LogP contribution in [0.25, 0.3) is 0 Å². The molecule has 0 N–H and O–H groups in total. The standard InChI is InChI=1S/C14H20O7S/c1-3-7(2)14(16)19-6-11(15)20-12-8-4-9-10(5-8)22(17,18)21-13(9)12/h7-10,12-13H,3-6H2,1-2H3/t7?,8-,9?,10?,12?,13?/m0/s1. The predicted octanol–water partition coefficient (Wildman–Crippen LogP) is 0.624. The van der Waals surface area contributed by atoms with Gasteiger partial charge in [0, 0.05) is 11.8 Å². The Morgan fingerprint density at radius 2 is 2.05 bits per heavy atom. The van der Waals surface area contributed by atoms with Gasteiger partial charge in [0.2, 0.25) is 0 Å². The van der Waals surface area contributed by atoms with E-state index in [2.05, 4.69) is 0 Å². The van der Waals surface area contributed by atoms with Gasteiger partial charge in [0.05, 0.1) is 11.2 Å². The largest absolute Gasteiger partial charge is 0.457 e. The molecule has 3 fully saturated rings. The third-order valence-corrected chi connectivity index (χ3v) is 6.80. The number of rotatable bonds is 5. The molecule has 1 saturated heterocycles. The lowest BCUT2D eigenvalue weighted by Crippen LogP contribution is -2.38. The highest BCUT2D eigenvalue weighted by atomic mass is 32.2. The molecule has 0 radical (unpaired) electrons. The van der Waals surface area contributed by atoms with Crippen molar-refractivity contribution in [3.8, 4) is 0 Å². The maximum absolute atomic E-state index is 11.8. The van der Waals surface area contributed by atoms with Gasteiger partial charge in [0.15, 0.2) is 6.61 Å². The Bertz CT molecular complexity index is 584.